The molecule has 1 rings (SSSR count). The van der Waals surface area contributed by atoms with E-state index in [4.69, 9.17) is 4.74 Å². The number of hydrogen-bond donors (Lipinski definition) is 0. The van der Waals surface area contributed by atoms with Gasteiger partial charge in [-0.1, -0.05) is 20.8 Å². The summed E-state index contributed by atoms with van der Waals surface area (Å²) in [6.45, 7) is 7.49. The monoisotopic (exact) mass is 212 g/mol. The van der Waals surface area contributed by atoms with Gasteiger partial charge in [0.2, 0.25) is 0 Å². The summed E-state index contributed by atoms with van der Waals surface area (Å²) in [6, 6.07) is 0. The Balaban J connectivity index is 2.72. The average Bonchev–Trinajstić information content (AvgIpc) is 2.09. The van der Waals surface area contributed by atoms with Gasteiger partial charge in [0.1, 0.15) is 11.9 Å². The molecular formula is C12H20O3. The number of rotatable bonds is 2. The summed E-state index contributed by atoms with van der Waals surface area (Å²) >= 11 is 0. The van der Waals surface area contributed by atoms with Crippen molar-refractivity contribution in [2.75, 3.05) is 0 Å². The predicted octanol–water partition coefficient (Wildman–Crippen LogP) is 2.19. The van der Waals surface area contributed by atoms with Gasteiger partial charge in [0.25, 0.3) is 0 Å². The van der Waals surface area contributed by atoms with Crippen LogP contribution in [-0.2, 0) is 14.3 Å². The first kappa shape index (κ1) is 12.2. The molecule has 0 saturated heterocycles. The minimum Gasteiger partial charge on any atom is -0.462 e. The highest BCUT2D eigenvalue weighted by Gasteiger charge is 2.37. The van der Waals surface area contributed by atoms with Crippen molar-refractivity contribution >= 4 is 11.8 Å². The largest absolute Gasteiger partial charge is 0.462 e. The van der Waals surface area contributed by atoms with E-state index in [0.717, 1.165) is 0 Å². The predicted molar refractivity (Wildman–Crippen MR) is 57.3 cm³/mol. The Hall–Kier alpha value is -0.860. The van der Waals surface area contributed by atoms with Gasteiger partial charge in [-0.25, -0.2) is 0 Å². The van der Waals surface area contributed by atoms with E-state index in [1.54, 1.807) is 0 Å². The molecule has 0 aromatic heterocycles. The van der Waals surface area contributed by atoms with Gasteiger partial charge in [0.15, 0.2) is 0 Å². The van der Waals surface area contributed by atoms with Crippen LogP contribution in [0.4, 0.5) is 0 Å². The van der Waals surface area contributed by atoms with E-state index < -0.39 is 0 Å². The van der Waals surface area contributed by atoms with Gasteiger partial charge in [-0.05, 0) is 12.3 Å². The van der Waals surface area contributed by atoms with E-state index in [1.807, 2.05) is 6.92 Å². The molecule has 1 aliphatic rings. The summed E-state index contributed by atoms with van der Waals surface area (Å²) in [4.78, 5) is 22.6. The Morgan fingerprint density at radius 2 is 2.07 bits per heavy atom. The molecule has 3 atom stereocenters. The molecule has 0 heterocycles. The van der Waals surface area contributed by atoms with Crippen LogP contribution in [0.15, 0.2) is 0 Å². The summed E-state index contributed by atoms with van der Waals surface area (Å²) in [6.07, 6.45) is 1.16. The number of carbonyl (C=O) groups is 2. The second-order valence-electron chi connectivity index (χ2n) is 4.86. The van der Waals surface area contributed by atoms with Crippen LogP contribution in [0, 0.1) is 17.8 Å². The molecule has 1 fully saturated rings. The van der Waals surface area contributed by atoms with Gasteiger partial charge in [0.05, 0.1) is 0 Å². The standard InChI is InChI=1S/C12H20O3/c1-7(2)10-6-11(14)8(3)5-12(10)15-9(4)13/h7-8,10,12H,5-6H2,1-4H3/t8-,10-,12+/m1/s1. The van der Waals surface area contributed by atoms with Gasteiger partial charge in [-0.15, -0.1) is 0 Å². The summed E-state index contributed by atoms with van der Waals surface area (Å²) < 4.78 is 5.29. The van der Waals surface area contributed by atoms with Crippen molar-refractivity contribution in [1.29, 1.82) is 0 Å². The average molecular weight is 212 g/mol. The second-order valence-corrected chi connectivity index (χ2v) is 4.86. The Labute approximate surface area is 91.2 Å². The molecule has 0 aromatic rings. The Morgan fingerprint density at radius 3 is 2.53 bits per heavy atom. The van der Waals surface area contributed by atoms with Gasteiger partial charge < -0.3 is 4.74 Å². The maximum Gasteiger partial charge on any atom is 0.302 e. The lowest BCUT2D eigenvalue weighted by atomic mass is 9.74. The number of Topliss-reactive ketones (excluding diaryl/α,β-unsaturated/α-hetero) is 1. The number of esters is 1. The molecule has 3 nitrogen and oxygen atoms in total. The van der Waals surface area contributed by atoms with Crippen LogP contribution in [0.3, 0.4) is 0 Å². The molecule has 0 radical (unpaired) electrons. The zero-order valence-electron chi connectivity index (χ0n) is 9.95. The molecule has 1 saturated carbocycles. The van der Waals surface area contributed by atoms with Crippen LogP contribution >= 0.6 is 0 Å². The zero-order valence-corrected chi connectivity index (χ0v) is 9.95. The van der Waals surface area contributed by atoms with Crippen LogP contribution in [0.5, 0.6) is 0 Å². The molecule has 1 aliphatic carbocycles. The summed E-state index contributed by atoms with van der Waals surface area (Å²) in [5.74, 6) is 0.664. The fourth-order valence-corrected chi connectivity index (χ4v) is 2.23. The highest BCUT2D eigenvalue weighted by atomic mass is 16.5. The Bertz CT molecular complexity index is 258. The van der Waals surface area contributed by atoms with E-state index in [1.165, 1.54) is 6.92 Å². The third kappa shape index (κ3) is 3.05. The van der Waals surface area contributed by atoms with Crippen molar-refractivity contribution in [2.45, 2.75) is 46.6 Å². The van der Waals surface area contributed by atoms with E-state index in [0.29, 0.717) is 24.5 Å². The van der Waals surface area contributed by atoms with Crippen molar-refractivity contribution in [2.24, 2.45) is 17.8 Å². The van der Waals surface area contributed by atoms with Crippen LogP contribution in [0.25, 0.3) is 0 Å². The quantitative estimate of drug-likeness (QED) is 0.659. The molecule has 86 valence electrons. The molecule has 0 spiro atoms. The molecule has 15 heavy (non-hydrogen) atoms. The fraction of sp³-hybridized carbons (Fsp3) is 0.833. The first-order chi connectivity index (χ1) is 6.91. The molecule has 0 aliphatic heterocycles. The number of hydrogen-bond acceptors (Lipinski definition) is 3. The number of ketones is 1. The van der Waals surface area contributed by atoms with E-state index in [9.17, 15) is 9.59 Å². The normalized spacial score (nSPS) is 31.8. The minimum atomic E-state index is -0.243. The van der Waals surface area contributed by atoms with Crippen molar-refractivity contribution in [3.05, 3.63) is 0 Å². The van der Waals surface area contributed by atoms with Crippen molar-refractivity contribution in [1.82, 2.24) is 0 Å². The van der Waals surface area contributed by atoms with Crippen LogP contribution in [-0.4, -0.2) is 17.9 Å². The number of ether oxygens (including phenoxy) is 1. The van der Waals surface area contributed by atoms with Gasteiger partial charge >= 0.3 is 5.97 Å². The third-order valence-electron chi connectivity index (χ3n) is 3.22. The highest BCUT2D eigenvalue weighted by Crippen LogP contribution is 2.33. The van der Waals surface area contributed by atoms with Gasteiger partial charge in [-0.2, -0.15) is 0 Å². The molecule has 0 amide bonds. The second kappa shape index (κ2) is 4.77. The molecule has 0 N–H and O–H groups in total. The smallest absolute Gasteiger partial charge is 0.302 e. The lowest BCUT2D eigenvalue weighted by molar-refractivity contribution is -0.156. The maximum absolute atomic E-state index is 11.6. The molecule has 3 heteroatoms. The summed E-state index contributed by atoms with van der Waals surface area (Å²) in [5, 5.41) is 0. The maximum atomic E-state index is 11.6. The molecule has 0 aromatic carbocycles. The van der Waals surface area contributed by atoms with E-state index >= 15 is 0 Å². The van der Waals surface area contributed by atoms with Crippen molar-refractivity contribution < 1.29 is 14.3 Å². The molecule has 0 bridgehead atoms. The number of carbonyl (C=O) groups excluding carboxylic acids is 2. The minimum absolute atomic E-state index is 0.0318. The highest BCUT2D eigenvalue weighted by molar-refractivity contribution is 5.82. The van der Waals surface area contributed by atoms with E-state index in [2.05, 4.69) is 13.8 Å². The zero-order chi connectivity index (χ0) is 11.6. The third-order valence-corrected chi connectivity index (χ3v) is 3.22. The van der Waals surface area contributed by atoms with Crippen LogP contribution < -0.4 is 0 Å². The Kier molecular flexibility index (Phi) is 3.89. The summed E-state index contributed by atoms with van der Waals surface area (Å²) in [5.41, 5.74) is 0. The first-order valence-corrected chi connectivity index (χ1v) is 5.61. The van der Waals surface area contributed by atoms with Gasteiger partial charge in [0, 0.05) is 25.2 Å². The van der Waals surface area contributed by atoms with E-state index in [-0.39, 0.29) is 23.9 Å². The van der Waals surface area contributed by atoms with Crippen LogP contribution in [0.2, 0.25) is 0 Å². The Morgan fingerprint density at radius 1 is 1.47 bits per heavy atom. The molecular weight excluding hydrogens is 192 g/mol. The first-order valence-electron chi connectivity index (χ1n) is 5.61. The lowest BCUT2D eigenvalue weighted by Crippen LogP contribution is -2.39. The lowest BCUT2D eigenvalue weighted by Gasteiger charge is -2.35. The van der Waals surface area contributed by atoms with Crippen molar-refractivity contribution in [3.63, 3.8) is 0 Å². The fourth-order valence-electron chi connectivity index (χ4n) is 2.23. The summed E-state index contributed by atoms with van der Waals surface area (Å²) in [7, 11) is 0. The SMILES string of the molecule is CC(=O)O[C@H]1C[C@@H](C)C(=O)C[C@@H]1C(C)C. The topological polar surface area (TPSA) is 43.4 Å². The van der Waals surface area contributed by atoms with Crippen molar-refractivity contribution in [3.8, 4) is 0 Å². The van der Waals surface area contributed by atoms with Crippen LogP contribution in [0.1, 0.15) is 40.5 Å². The van der Waals surface area contributed by atoms with Gasteiger partial charge in [-0.3, -0.25) is 9.59 Å². The molecule has 0 unspecified atom stereocenters.